The second-order valence-corrected chi connectivity index (χ2v) is 3.98. The quantitative estimate of drug-likeness (QED) is 0.655. The number of hydrogen-bond donors (Lipinski definition) is 2. The fourth-order valence-corrected chi connectivity index (χ4v) is 1.78. The summed E-state index contributed by atoms with van der Waals surface area (Å²) in [5.74, 6) is 1.29. The van der Waals surface area contributed by atoms with Gasteiger partial charge in [0.25, 0.3) is 0 Å². The van der Waals surface area contributed by atoms with Crippen LogP contribution in [0, 0.1) is 5.92 Å². The molecule has 0 aromatic rings. The number of thiol groups is 1. The summed E-state index contributed by atoms with van der Waals surface area (Å²) in [4.78, 5) is 13.1. The monoisotopic (exact) mass is 203 g/mol. The number of aliphatic hydroxyl groups excluding tert-OH is 1. The average Bonchev–Trinajstić information content (AvgIpc) is 2.47. The smallest absolute Gasteiger partial charge is 0.223 e. The van der Waals surface area contributed by atoms with Gasteiger partial charge in [0.2, 0.25) is 5.91 Å². The van der Waals surface area contributed by atoms with Gasteiger partial charge in [-0.3, -0.25) is 4.79 Å². The van der Waals surface area contributed by atoms with Crippen molar-refractivity contribution in [3.05, 3.63) is 0 Å². The van der Waals surface area contributed by atoms with Crippen LogP contribution in [-0.4, -0.2) is 40.9 Å². The lowest BCUT2D eigenvalue weighted by atomic mass is 10.1. The molecule has 1 aliphatic rings. The third-order valence-electron chi connectivity index (χ3n) is 2.46. The highest BCUT2D eigenvalue weighted by Crippen LogP contribution is 2.19. The van der Waals surface area contributed by atoms with Crippen molar-refractivity contribution in [3.63, 3.8) is 0 Å². The number of carbonyl (C=O) groups is 1. The van der Waals surface area contributed by atoms with Gasteiger partial charge in [-0.1, -0.05) is 6.92 Å². The summed E-state index contributed by atoms with van der Waals surface area (Å²) >= 11 is 4.17. The Hall–Kier alpha value is -0.220. The minimum absolute atomic E-state index is 0.159. The van der Waals surface area contributed by atoms with Gasteiger partial charge in [0.1, 0.15) is 0 Å². The van der Waals surface area contributed by atoms with Gasteiger partial charge in [0.15, 0.2) is 0 Å². The van der Waals surface area contributed by atoms with Crippen molar-refractivity contribution in [1.29, 1.82) is 0 Å². The molecule has 0 spiro atoms. The molecule has 13 heavy (non-hydrogen) atoms. The maximum absolute atomic E-state index is 11.4. The van der Waals surface area contributed by atoms with E-state index in [-0.39, 0.29) is 12.0 Å². The van der Waals surface area contributed by atoms with E-state index in [0.29, 0.717) is 25.3 Å². The van der Waals surface area contributed by atoms with Crippen molar-refractivity contribution >= 4 is 18.5 Å². The van der Waals surface area contributed by atoms with E-state index in [9.17, 15) is 9.90 Å². The lowest BCUT2D eigenvalue weighted by Crippen LogP contribution is -2.33. The molecule has 1 amide bonds. The number of hydrogen-bond acceptors (Lipinski definition) is 3. The van der Waals surface area contributed by atoms with Gasteiger partial charge in [0.05, 0.1) is 6.10 Å². The van der Waals surface area contributed by atoms with Crippen LogP contribution in [-0.2, 0) is 4.79 Å². The first kappa shape index (κ1) is 10.9. The fourth-order valence-electron chi connectivity index (χ4n) is 1.54. The van der Waals surface area contributed by atoms with Crippen LogP contribution < -0.4 is 0 Å². The molecular weight excluding hydrogens is 186 g/mol. The molecule has 2 atom stereocenters. The molecule has 0 aromatic heterocycles. The highest BCUT2D eigenvalue weighted by molar-refractivity contribution is 7.80. The predicted molar refractivity (Wildman–Crippen MR) is 54.8 cm³/mol. The van der Waals surface area contributed by atoms with Gasteiger partial charge in [0, 0.05) is 19.5 Å². The number of aliphatic hydroxyl groups is 1. The van der Waals surface area contributed by atoms with Gasteiger partial charge in [-0.15, -0.1) is 0 Å². The zero-order chi connectivity index (χ0) is 9.84. The summed E-state index contributed by atoms with van der Waals surface area (Å²) in [6, 6.07) is 0. The van der Waals surface area contributed by atoms with E-state index in [4.69, 9.17) is 0 Å². The standard InChI is InChI=1S/C9H17NO2S/c1-2-8(11)5-10-4-7(6-13)3-9(10)12/h7-8,11,13H,2-6H2,1H3. The van der Waals surface area contributed by atoms with Gasteiger partial charge >= 0.3 is 0 Å². The second kappa shape index (κ2) is 4.86. The molecule has 2 unspecified atom stereocenters. The first-order chi connectivity index (χ1) is 6.17. The van der Waals surface area contributed by atoms with Gasteiger partial charge in [-0.25, -0.2) is 0 Å². The Morgan fingerprint density at radius 2 is 2.46 bits per heavy atom. The highest BCUT2D eigenvalue weighted by atomic mass is 32.1. The lowest BCUT2D eigenvalue weighted by Gasteiger charge is -2.19. The lowest BCUT2D eigenvalue weighted by molar-refractivity contribution is -0.128. The molecule has 1 rings (SSSR count). The van der Waals surface area contributed by atoms with E-state index in [1.54, 1.807) is 4.90 Å². The molecule has 76 valence electrons. The topological polar surface area (TPSA) is 40.5 Å². The predicted octanol–water partition coefficient (Wildman–Crippen LogP) is 0.536. The fraction of sp³-hybridized carbons (Fsp3) is 0.889. The van der Waals surface area contributed by atoms with Crippen molar-refractivity contribution in [2.24, 2.45) is 5.92 Å². The minimum atomic E-state index is -0.373. The van der Waals surface area contributed by atoms with Crippen molar-refractivity contribution in [1.82, 2.24) is 4.90 Å². The Bertz CT molecular complexity index is 186. The minimum Gasteiger partial charge on any atom is -0.391 e. The third-order valence-corrected chi connectivity index (χ3v) is 2.97. The van der Waals surface area contributed by atoms with Crippen molar-refractivity contribution in [3.8, 4) is 0 Å². The molecular formula is C9H17NO2S. The Balaban J connectivity index is 2.39. The van der Waals surface area contributed by atoms with Crippen LogP contribution >= 0.6 is 12.6 Å². The third kappa shape index (κ3) is 2.88. The molecule has 0 radical (unpaired) electrons. The first-order valence-electron chi connectivity index (χ1n) is 4.74. The van der Waals surface area contributed by atoms with Crippen LogP contribution in [0.5, 0.6) is 0 Å². The van der Waals surface area contributed by atoms with Crippen molar-refractivity contribution < 1.29 is 9.90 Å². The molecule has 3 nitrogen and oxygen atoms in total. The molecule has 0 saturated carbocycles. The summed E-state index contributed by atoms with van der Waals surface area (Å²) in [6.07, 6.45) is 0.928. The second-order valence-electron chi connectivity index (χ2n) is 3.61. The maximum Gasteiger partial charge on any atom is 0.223 e. The molecule has 0 bridgehead atoms. The largest absolute Gasteiger partial charge is 0.391 e. The van der Waals surface area contributed by atoms with Crippen LogP contribution in [0.1, 0.15) is 19.8 Å². The van der Waals surface area contributed by atoms with Gasteiger partial charge in [-0.2, -0.15) is 12.6 Å². The van der Waals surface area contributed by atoms with Crippen LogP contribution in [0.15, 0.2) is 0 Å². The van der Waals surface area contributed by atoms with E-state index in [1.165, 1.54) is 0 Å². The van der Waals surface area contributed by atoms with Crippen LogP contribution in [0.4, 0.5) is 0 Å². The molecule has 0 aliphatic carbocycles. The Morgan fingerprint density at radius 1 is 1.77 bits per heavy atom. The number of amides is 1. The van der Waals surface area contributed by atoms with E-state index < -0.39 is 0 Å². The Labute approximate surface area is 84.5 Å². The first-order valence-corrected chi connectivity index (χ1v) is 5.37. The van der Waals surface area contributed by atoms with E-state index in [0.717, 1.165) is 12.3 Å². The number of nitrogens with zero attached hydrogens (tertiary/aromatic N) is 1. The number of likely N-dealkylation sites (tertiary alicyclic amines) is 1. The zero-order valence-corrected chi connectivity index (χ0v) is 8.83. The number of rotatable bonds is 4. The van der Waals surface area contributed by atoms with Crippen LogP contribution in [0.2, 0.25) is 0 Å². The Kier molecular flexibility index (Phi) is 4.06. The zero-order valence-electron chi connectivity index (χ0n) is 7.94. The molecule has 1 aliphatic heterocycles. The van der Waals surface area contributed by atoms with E-state index in [2.05, 4.69) is 12.6 Å². The maximum atomic E-state index is 11.4. The Morgan fingerprint density at radius 3 is 2.92 bits per heavy atom. The van der Waals surface area contributed by atoms with Crippen LogP contribution in [0.3, 0.4) is 0 Å². The summed E-state index contributed by atoms with van der Waals surface area (Å²) in [5, 5.41) is 9.38. The molecule has 1 N–H and O–H groups in total. The SMILES string of the molecule is CCC(O)CN1CC(CS)CC1=O. The van der Waals surface area contributed by atoms with Crippen molar-refractivity contribution in [2.75, 3.05) is 18.8 Å². The normalized spacial score (nSPS) is 25.3. The summed E-state index contributed by atoms with van der Waals surface area (Å²) in [7, 11) is 0. The molecule has 1 saturated heterocycles. The highest BCUT2D eigenvalue weighted by Gasteiger charge is 2.29. The van der Waals surface area contributed by atoms with Crippen molar-refractivity contribution in [2.45, 2.75) is 25.9 Å². The summed E-state index contributed by atoms with van der Waals surface area (Å²) in [5.41, 5.74) is 0. The molecule has 0 aromatic carbocycles. The molecule has 4 heteroatoms. The molecule has 1 heterocycles. The van der Waals surface area contributed by atoms with E-state index >= 15 is 0 Å². The number of carbonyl (C=O) groups excluding carboxylic acids is 1. The molecule has 1 fully saturated rings. The van der Waals surface area contributed by atoms with Gasteiger partial charge < -0.3 is 10.0 Å². The summed E-state index contributed by atoms with van der Waals surface area (Å²) in [6.45, 7) is 3.17. The van der Waals surface area contributed by atoms with Gasteiger partial charge in [-0.05, 0) is 18.1 Å². The van der Waals surface area contributed by atoms with E-state index in [1.807, 2.05) is 6.92 Å². The number of β-amino-alcohol motifs (C(OH)–C–C–N with tert-alkyl or cyclic N) is 1. The average molecular weight is 203 g/mol. The van der Waals surface area contributed by atoms with Crippen LogP contribution in [0.25, 0.3) is 0 Å². The summed E-state index contributed by atoms with van der Waals surface area (Å²) < 4.78 is 0.